The summed E-state index contributed by atoms with van der Waals surface area (Å²) in [6, 6.07) is 9.26. The second kappa shape index (κ2) is 7.27. The highest BCUT2D eigenvalue weighted by molar-refractivity contribution is 5.76. The maximum atomic E-state index is 11.9. The lowest BCUT2D eigenvalue weighted by molar-refractivity contribution is -0.122. The van der Waals surface area contributed by atoms with Gasteiger partial charge in [0.25, 0.3) is 0 Å². The number of hydrogen-bond acceptors (Lipinski definition) is 3. The monoisotopic (exact) mass is 283 g/mol. The molecular weight excluding hydrogens is 266 g/mol. The lowest BCUT2D eigenvalue weighted by Crippen LogP contribution is -2.30. The SMILES string of the molecule is CC(NC(=O)Cn1cccn1)c1ccc(C#CCO)cc1. The zero-order valence-corrected chi connectivity index (χ0v) is 11.8. The molecule has 0 aliphatic heterocycles. The van der Waals surface area contributed by atoms with Crippen molar-refractivity contribution in [1.29, 1.82) is 0 Å². The molecule has 1 heterocycles. The predicted molar refractivity (Wildman–Crippen MR) is 79.2 cm³/mol. The van der Waals surface area contributed by atoms with Crippen LogP contribution in [0.15, 0.2) is 42.7 Å². The number of aliphatic hydroxyl groups is 1. The largest absolute Gasteiger partial charge is 0.384 e. The molecule has 1 unspecified atom stereocenters. The first-order valence-electron chi connectivity index (χ1n) is 6.65. The molecule has 2 N–H and O–H groups in total. The van der Waals surface area contributed by atoms with E-state index in [0.717, 1.165) is 11.1 Å². The molecule has 0 bridgehead atoms. The van der Waals surface area contributed by atoms with Crippen LogP contribution in [0.5, 0.6) is 0 Å². The Hall–Kier alpha value is -2.58. The summed E-state index contributed by atoms with van der Waals surface area (Å²) >= 11 is 0. The highest BCUT2D eigenvalue weighted by Gasteiger charge is 2.09. The van der Waals surface area contributed by atoms with E-state index in [1.165, 1.54) is 0 Å². The van der Waals surface area contributed by atoms with Gasteiger partial charge in [-0.05, 0) is 30.7 Å². The second-order valence-corrected chi connectivity index (χ2v) is 4.57. The van der Waals surface area contributed by atoms with E-state index >= 15 is 0 Å². The van der Waals surface area contributed by atoms with Gasteiger partial charge in [-0.15, -0.1) is 0 Å². The first-order valence-corrected chi connectivity index (χ1v) is 6.65. The summed E-state index contributed by atoms with van der Waals surface area (Å²) in [6.45, 7) is 1.98. The minimum atomic E-state index is -0.151. The number of amides is 1. The maximum Gasteiger partial charge on any atom is 0.242 e. The lowest BCUT2D eigenvalue weighted by Gasteiger charge is -2.14. The summed E-state index contributed by atoms with van der Waals surface area (Å²) in [4.78, 5) is 11.9. The zero-order chi connectivity index (χ0) is 15.1. The Labute approximate surface area is 123 Å². The number of carbonyl (C=O) groups is 1. The highest BCUT2D eigenvalue weighted by Crippen LogP contribution is 2.13. The van der Waals surface area contributed by atoms with Crippen LogP contribution < -0.4 is 5.32 Å². The van der Waals surface area contributed by atoms with Gasteiger partial charge in [-0.1, -0.05) is 24.0 Å². The Morgan fingerprint density at radius 3 is 2.81 bits per heavy atom. The summed E-state index contributed by atoms with van der Waals surface area (Å²) in [5.41, 5.74) is 1.83. The normalized spacial score (nSPS) is 11.3. The molecule has 1 atom stereocenters. The molecule has 2 rings (SSSR count). The fourth-order valence-corrected chi connectivity index (χ4v) is 1.91. The number of benzene rings is 1. The van der Waals surface area contributed by atoms with Crippen molar-refractivity contribution in [1.82, 2.24) is 15.1 Å². The van der Waals surface area contributed by atoms with Gasteiger partial charge in [0.15, 0.2) is 0 Å². The van der Waals surface area contributed by atoms with E-state index in [-0.39, 0.29) is 25.1 Å². The Bertz CT molecular complexity index is 636. The number of nitrogens with zero attached hydrogens (tertiary/aromatic N) is 2. The summed E-state index contributed by atoms with van der Waals surface area (Å²) in [5.74, 6) is 5.34. The van der Waals surface area contributed by atoms with Crippen molar-refractivity contribution < 1.29 is 9.90 Å². The molecule has 5 nitrogen and oxygen atoms in total. The van der Waals surface area contributed by atoms with Crippen molar-refractivity contribution in [2.45, 2.75) is 19.5 Å². The minimum Gasteiger partial charge on any atom is -0.384 e. The molecule has 0 saturated carbocycles. The van der Waals surface area contributed by atoms with E-state index in [9.17, 15) is 4.79 Å². The number of aromatic nitrogens is 2. The molecule has 1 aromatic carbocycles. The van der Waals surface area contributed by atoms with Crippen LogP contribution in [0, 0.1) is 11.8 Å². The molecule has 1 aromatic heterocycles. The van der Waals surface area contributed by atoms with E-state index in [4.69, 9.17) is 5.11 Å². The fraction of sp³-hybridized carbons (Fsp3) is 0.250. The van der Waals surface area contributed by atoms with Gasteiger partial charge in [0.2, 0.25) is 5.91 Å². The number of aliphatic hydroxyl groups excluding tert-OH is 1. The summed E-state index contributed by atoms with van der Waals surface area (Å²) in [7, 11) is 0. The molecular formula is C16H17N3O2. The van der Waals surface area contributed by atoms with Crippen molar-refractivity contribution in [2.24, 2.45) is 0 Å². The van der Waals surface area contributed by atoms with Gasteiger partial charge in [0.05, 0.1) is 6.04 Å². The standard InChI is InChI=1S/C16H17N3O2/c1-13(18-16(21)12-19-10-3-9-17-19)15-7-5-14(6-8-15)4-2-11-20/h3,5-10,13,20H,11-12H2,1H3,(H,18,21). The third-order valence-electron chi connectivity index (χ3n) is 2.96. The van der Waals surface area contributed by atoms with Crippen molar-refractivity contribution in [3.8, 4) is 11.8 Å². The van der Waals surface area contributed by atoms with Crippen LogP contribution in [-0.4, -0.2) is 27.4 Å². The molecule has 0 aliphatic rings. The van der Waals surface area contributed by atoms with Crippen molar-refractivity contribution in [3.05, 3.63) is 53.9 Å². The molecule has 1 amide bonds. The predicted octanol–water partition coefficient (Wildman–Crippen LogP) is 1.10. The number of hydrogen-bond donors (Lipinski definition) is 2. The van der Waals surface area contributed by atoms with Gasteiger partial charge >= 0.3 is 0 Å². The van der Waals surface area contributed by atoms with Crippen LogP contribution in [0.25, 0.3) is 0 Å². The Kier molecular flexibility index (Phi) is 5.13. The third kappa shape index (κ3) is 4.48. The maximum absolute atomic E-state index is 11.9. The zero-order valence-electron chi connectivity index (χ0n) is 11.8. The molecule has 21 heavy (non-hydrogen) atoms. The summed E-state index contributed by atoms with van der Waals surface area (Å²) in [6.07, 6.45) is 3.39. The molecule has 0 saturated heterocycles. The highest BCUT2D eigenvalue weighted by atomic mass is 16.2. The van der Waals surface area contributed by atoms with Gasteiger partial charge in [0, 0.05) is 18.0 Å². The van der Waals surface area contributed by atoms with Crippen molar-refractivity contribution >= 4 is 5.91 Å². The molecule has 0 spiro atoms. The smallest absolute Gasteiger partial charge is 0.242 e. The van der Waals surface area contributed by atoms with Gasteiger partial charge in [-0.2, -0.15) is 5.10 Å². The minimum absolute atomic E-state index is 0.0876. The van der Waals surface area contributed by atoms with Crippen molar-refractivity contribution in [2.75, 3.05) is 6.61 Å². The molecule has 108 valence electrons. The van der Waals surface area contributed by atoms with Crippen LogP contribution in [0.2, 0.25) is 0 Å². The van der Waals surface area contributed by atoms with Gasteiger partial charge < -0.3 is 10.4 Å². The molecule has 0 fully saturated rings. The number of rotatable bonds is 4. The molecule has 0 aliphatic carbocycles. The van der Waals surface area contributed by atoms with E-state index in [2.05, 4.69) is 22.3 Å². The van der Waals surface area contributed by atoms with Crippen LogP contribution in [0.4, 0.5) is 0 Å². The molecule has 0 radical (unpaired) electrons. The fourth-order valence-electron chi connectivity index (χ4n) is 1.91. The van der Waals surface area contributed by atoms with Crippen molar-refractivity contribution in [3.63, 3.8) is 0 Å². The Morgan fingerprint density at radius 2 is 2.19 bits per heavy atom. The quantitative estimate of drug-likeness (QED) is 0.826. The van der Waals surface area contributed by atoms with Crippen LogP contribution >= 0.6 is 0 Å². The lowest BCUT2D eigenvalue weighted by atomic mass is 10.1. The van der Waals surface area contributed by atoms with E-state index < -0.39 is 0 Å². The molecule has 2 aromatic rings. The van der Waals surface area contributed by atoms with Crippen LogP contribution in [0.1, 0.15) is 24.1 Å². The average molecular weight is 283 g/mol. The summed E-state index contributed by atoms with van der Waals surface area (Å²) in [5, 5.41) is 15.6. The number of carbonyl (C=O) groups excluding carboxylic acids is 1. The van der Waals surface area contributed by atoms with Gasteiger partial charge in [-0.25, -0.2) is 0 Å². The van der Waals surface area contributed by atoms with Crippen LogP contribution in [-0.2, 0) is 11.3 Å². The van der Waals surface area contributed by atoms with Crippen LogP contribution in [0.3, 0.4) is 0 Å². The second-order valence-electron chi connectivity index (χ2n) is 4.57. The summed E-state index contributed by atoms with van der Waals surface area (Å²) < 4.78 is 1.58. The Morgan fingerprint density at radius 1 is 1.43 bits per heavy atom. The van der Waals surface area contributed by atoms with E-state index in [1.807, 2.05) is 31.2 Å². The Balaban J connectivity index is 1.93. The van der Waals surface area contributed by atoms with Gasteiger partial charge in [0.1, 0.15) is 13.2 Å². The molecule has 5 heteroatoms. The van der Waals surface area contributed by atoms with E-state index in [0.29, 0.717) is 0 Å². The first-order chi connectivity index (χ1) is 10.2. The third-order valence-corrected chi connectivity index (χ3v) is 2.96. The first kappa shape index (κ1) is 14.8. The van der Waals surface area contributed by atoms with E-state index in [1.54, 1.807) is 23.1 Å². The number of nitrogens with one attached hydrogen (secondary N) is 1. The average Bonchev–Trinajstić information content (AvgIpc) is 2.98. The topological polar surface area (TPSA) is 67.2 Å². The van der Waals surface area contributed by atoms with Gasteiger partial charge in [-0.3, -0.25) is 9.48 Å².